The predicted octanol–water partition coefficient (Wildman–Crippen LogP) is 3.04. The number of alkyl halides is 3. The number of carbonyl (C=O) groups excluding carboxylic acids is 1. The SMILES string of the molecule is CCOC(=O)c1ccc(S)c(C#N)c1C(F)(F)F. The van der Waals surface area contributed by atoms with E-state index in [1.807, 2.05) is 0 Å². The van der Waals surface area contributed by atoms with Gasteiger partial charge in [-0.1, -0.05) is 0 Å². The van der Waals surface area contributed by atoms with Gasteiger partial charge in [0.15, 0.2) is 0 Å². The zero-order valence-electron chi connectivity index (χ0n) is 9.21. The Labute approximate surface area is 107 Å². The van der Waals surface area contributed by atoms with Crippen molar-refractivity contribution in [2.24, 2.45) is 0 Å². The van der Waals surface area contributed by atoms with Gasteiger partial charge in [0.1, 0.15) is 6.07 Å². The van der Waals surface area contributed by atoms with Crippen molar-refractivity contribution < 1.29 is 22.7 Å². The lowest BCUT2D eigenvalue weighted by atomic mass is 10.0. The topological polar surface area (TPSA) is 50.1 Å². The van der Waals surface area contributed by atoms with Crippen molar-refractivity contribution >= 4 is 18.6 Å². The Morgan fingerprint density at radius 3 is 2.56 bits per heavy atom. The van der Waals surface area contributed by atoms with Gasteiger partial charge in [0.2, 0.25) is 0 Å². The molecule has 18 heavy (non-hydrogen) atoms. The van der Waals surface area contributed by atoms with Gasteiger partial charge >= 0.3 is 12.1 Å². The van der Waals surface area contributed by atoms with Gasteiger partial charge in [0, 0.05) is 4.90 Å². The van der Waals surface area contributed by atoms with Crippen molar-refractivity contribution in [1.82, 2.24) is 0 Å². The number of esters is 1. The molecule has 1 aromatic carbocycles. The van der Waals surface area contributed by atoms with Crippen LogP contribution in [-0.2, 0) is 10.9 Å². The van der Waals surface area contributed by atoms with Crippen LogP contribution in [0.5, 0.6) is 0 Å². The number of ether oxygens (including phenoxy) is 1. The number of halogens is 3. The number of rotatable bonds is 2. The molecule has 0 heterocycles. The normalized spacial score (nSPS) is 10.9. The van der Waals surface area contributed by atoms with Gasteiger partial charge in [-0.05, 0) is 19.1 Å². The van der Waals surface area contributed by atoms with Crippen LogP contribution in [-0.4, -0.2) is 12.6 Å². The maximum absolute atomic E-state index is 12.9. The molecule has 1 rings (SSSR count). The molecule has 0 bridgehead atoms. The lowest BCUT2D eigenvalue weighted by Crippen LogP contribution is -2.17. The first kappa shape index (κ1) is 14.4. The van der Waals surface area contributed by atoms with Crippen LogP contribution in [0, 0.1) is 11.3 Å². The zero-order chi connectivity index (χ0) is 13.9. The molecule has 0 fully saturated rings. The molecule has 0 radical (unpaired) electrons. The monoisotopic (exact) mass is 275 g/mol. The molecule has 3 nitrogen and oxygen atoms in total. The van der Waals surface area contributed by atoms with Crippen LogP contribution >= 0.6 is 12.6 Å². The van der Waals surface area contributed by atoms with Crippen LogP contribution in [0.3, 0.4) is 0 Å². The van der Waals surface area contributed by atoms with E-state index in [-0.39, 0.29) is 11.5 Å². The van der Waals surface area contributed by atoms with Gasteiger partial charge in [-0.2, -0.15) is 18.4 Å². The minimum absolute atomic E-state index is 0.0549. The average molecular weight is 275 g/mol. The Kier molecular flexibility index (Phi) is 4.24. The predicted molar refractivity (Wildman–Crippen MR) is 59.4 cm³/mol. The maximum atomic E-state index is 12.9. The Morgan fingerprint density at radius 2 is 2.11 bits per heavy atom. The Bertz CT molecular complexity index is 520. The number of carbonyl (C=O) groups is 1. The minimum Gasteiger partial charge on any atom is -0.462 e. The molecule has 96 valence electrons. The van der Waals surface area contributed by atoms with E-state index in [9.17, 15) is 18.0 Å². The van der Waals surface area contributed by atoms with E-state index in [4.69, 9.17) is 5.26 Å². The van der Waals surface area contributed by atoms with Crippen LogP contribution < -0.4 is 0 Å². The highest BCUT2D eigenvalue weighted by atomic mass is 32.1. The molecule has 0 aromatic heterocycles. The summed E-state index contributed by atoms with van der Waals surface area (Å²) in [6.07, 6.45) is -4.83. The van der Waals surface area contributed by atoms with Crippen LogP contribution in [0.25, 0.3) is 0 Å². The first-order chi connectivity index (χ1) is 8.32. The van der Waals surface area contributed by atoms with Crippen molar-refractivity contribution in [3.63, 3.8) is 0 Å². The fourth-order valence-electron chi connectivity index (χ4n) is 1.38. The highest BCUT2D eigenvalue weighted by Crippen LogP contribution is 2.37. The van der Waals surface area contributed by atoms with E-state index in [0.717, 1.165) is 12.1 Å². The average Bonchev–Trinajstić information content (AvgIpc) is 2.27. The smallest absolute Gasteiger partial charge is 0.418 e. The van der Waals surface area contributed by atoms with E-state index in [0.29, 0.717) is 0 Å². The Balaban J connectivity index is 3.54. The molecule has 0 N–H and O–H groups in total. The summed E-state index contributed by atoms with van der Waals surface area (Å²) in [7, 11) is 0. The first-order valence-corrected chi connectivity index (χ1v) is 5.28. The fourth-order valence-corrected chi connectivity index (χ4v) is 1.61. The third-order valence-corrected chi connectivity index (χ3v) is 2.45. The number of nitrogens with zero attached hydrogens (tertiary/aromatic N) is 1. The third kappa shape index (κ3) is 2.76. The van der Waals surface area contributed by atoms with Gasteiger partial charge < -0.3 is 4.74 Å². The summed E-state index contributed by atoms with van der Waals surface area (Å²) in [5.74, 6) is -1.12. The Morgan fingerprint density at radius 1 is 1.50 bits per heavy atom. The minimum atomic E-state index is -4.83. The largest absolute Gasteiger partial charge is 0.462 e. The highest BCUT2D eigenvalue weighted by molar-refractivity contribution is 7.80. The van der Waals surface area contributed by atoms with Gasteiger partial charge in [-0.25, -0.2) is 4.79 Å². The van der Waals surface area contributed by atoms with E-state index >= 15 is 0 Å². The molecule has 1 aromatic rings. The molecule has 0 spiro atoms. The van der Waals surface area contributed by atoms with E-state index < -0.39 is 28.8 Å². The van der Waals surface area contributed by atoms with E-state index in [1.54, 1.807) is 0 Å². The molecule has 0 atom stereocenters. The lowest BCUT2D eigenvalue weighted by Gasteiger charge is -2.14. The molecule has 0 saturated carbocycles. The third-order valence-electron chi connectivity index (χ3n) is 2.07. The second-order valence-electron chi connectivity index (χ2n) is 3.21. The summed E-state index contributed by atoms with van der Waals surface area (Å²) < 4.78 is 43.2. The highest BCUT2D eigenvalue weighted by Gasteiger charge is 2.39. The Hall–Kier alpha value is -1.68. The number of benzene rings is 1. The van der Waals surface area contributed by atoms with Crippen molar-refractivity contribution in [2.45, 2.75) is 18.0 Å². The van der Waals surface area contributed by atoms with Crippen molar-refractivity contribution in [3.8, 4) is 6.07 Å². The first-order valence-electron chi connectivity index (χ1n) is 4.83. The van der Waals surface area contributed by atoms with Crippen molar-refractivity contribution in [2.75, 3.05) is 6.61 Å². The standard InChI is InChI=1S/C11H8F3NO2S/c1-2-17-10(16)6-3-4-8(18)7(5-15)9(6)11(12,13)14/h3-4,18H,2H2,1H3. The molecular formula is C11H8F3NO2S. The van der Waals surface area contributed by atoms with Gasteiger partial charge in [0.05, 0.1) is 23.3 Å². The molecule has 0 saturated heterocycles. The second-order valence-corrected chi connectivity index (χ2v) is 3.69. The van der Waals surface area contributed by atoms with Gasteiger partial charge in [-0.15, -0.1) is 12.6 Å². The van der Waals surface area contributed by atoms with Crippen molar-refractivity contribution in [3.05, 3.63) is 28.8 Å². The summed E-state index contributed by atoms with van der Waals surface area (Å²) in [6.45, 7) is 1.42. The van der Waals surface area contributed by atoms with Crippen LogP contribution in [0.15, 0.2) is 17.0 Å². The molecule has 7 heteroatoms. The van der Waals surface area contributed by atoms with Crippen LogP contribution in [0.4, 0.5) is 13.2 Å². The number of thiol groups is 1. The fraction of sp³-hybridized carbons (Fsp3) is 0.273. The summed E-state index contributed by atoms with van der Waals surface area (Å²) in [6, 6.07) is 3.51. The number of hydrogen-bond acceptors (Lipinski definition) is 4. The lowest BCUT2D eigenvalue weighted by molar-refractivity contribution is -0.138. The molecule has 0 aliphatic rings. The molecule has 0 unspecified atom stereocenters. The molecule has 0 aliphatic carbocycles. The molecular weight excluding hydrogens is 267 g/mol. The van der Waals surface area contributed by atoms with Crippen LogP contribution in [0.1, 0.15) is 28.4 Å². The summed E-state index contributed by atoms with van der Waals surface area (Å²) in [5.41, 5.74) is -2.67. The summed E-state index contributed by atoms with van der Waals surface area (Å²) in [5, 5.41) is 8.75. The quantitative estimate of drug-likeness (QED) is 0.666. The van der Waals surface area contributed by atoms with Gasteiger partial charge in [-0.3, -0.25) is 0 Å². The maximum Gasteiger partial charge on any atom is 0.418 e. The molecule has 0 aliphatic heterocycles. The van der Waals surface area contributed by atoms with E-state index in [2.05, 4.69) is 17.4 Å². The zero-order valence-corrected chi connectivity index (χ0v) is 10.1. The number of nitriles is 1. The van der Waals surface area contributed by atoms with Gasteiger partial charge in [0.25, 0.3) is 0 Å². The summed E-state index contributed by atoms with van der Waals surface area (Å²) in [4.78, 5) is 11.3. The van der Waals surface area contributed by atoms with Crippen molar-refractivity contribution in [1.29, 1.82) is 5.26 Å². The second kappa shape index (κ2) is 5.31. The van der Waals surface area contributed by atoms with E-state index in [1.165, 1.54) is 13.0 Å². The van der Waals surface area contributed by atoms with Crippen LogP contribution in [0.2, 0.25) is 0 Å². The molecule has 0 amide bonds. The number of hydrogen-bond donors (Lipinski definition) is 1. The summed E-state index contributed by atoms with van der Waals surface area (Å²) >= 11 is 3.77.